The van der Waals surface area contributed by atoms with Crippen LogP contribution in [-0.4, -0.2) is 25.7 Å². The summed E-state index contributed by atoms with van der Waals surface area (Å²) in [5, 5.41) is 0. The van der Waals surface area contributed by atoms with Crippen LogP contribution in [0, 0.1) is 0 Å². The van der Waals surface area contributed by atoms with Gasteiger partial charge in [-0.25, -0.2) is 13.1 Å². The van der Waals surface area contributed by atoms with Crippen LogP contribution in [0.1, 0.15) is 45.2 Å². The molecule has 0 spiro atoms. The predicted octanol–water partition coefficient (Wildman–Crippen LogP) is 4.06. The van der Waals surface area contributed by atoms with Crippen molar-refractivity contribution in [2.24, 2.45) is 0 Å². The van der Waals surface area contributed by atoms with E-state index in [0.29, 0.717) is 29.2 Å². The fourth-order valence-electron chi connectivity index (χ4n) is 3.97. The summed E-state index contributed by atoms with van der Waals surface area (Å²) in [4.78, 5) is 12.3. The molecule has 0 aliphatic carbocycles. The van der Waals surface area contributed by atoms with Crippen LogP contribution in [0.15, 0.2) is 46.1 Å². The molecule has 0 bridgehead atoms. The molecule has 9 heteroatoms. The maximum absolute atomic E-state index is 13.3. The Balaban J connectivity index is 1.71. The van der Waals surface area contributed by atoms with Crippen LogP contribution in [0.2, 0.25) is 0 Å². The molecule has 1 aliphatic heterocycles. The number of thiazole rings is 1. The molecule has 3 aromatic rings. The fourth-order valence-corrected chi connectivity index (χ4v) is 6.24. The van der Waals surface area contributed by atoms with Crippen LogP contribution in [-0.2, 0) is 16.6 Å². The molecule has 7 nitrogen and oxygen atoms in total. The quantitative estimate of drug-likeness (QED) is 0.597. The summed E-state index contributed by atoms with van der Waals surface area (Å²) >= 11 is 1.07. The zero-order valence-electron chi connectivity index (χ0n) is 18.0. The van der Waals surface area contributed by atoms with Crippen molar-refractivity contribution < 1.29 is 17.9 Å². The van der Waals surface area contributed by atoms with Crippen LogP contribution < -0.4 is 19.1 Å². The third-order valence-electron chi connectivity index (χ3n) is 5.37. The molecule has 4 rings (SSSR count). The molecule has 1 N–H and O–H groups in total. The van der Waals surface area contributed by atoms with E-state index in [2.05, 4.69) is 4.72 Å². The van der Waals surface area contributed by atoms with E-state index in [1.54, 1.807) is 48.1 Å². The number of aryl methyl sites for hydroxylation is 1. The number of methoxy groups -OCH3 is 1. The summed E-state index contributed by atoms with van der Waals surface area (Å²) in [6, 6.07) is 9.77. The van der Waals surface area contributed by atoms with Crippen LogP contribution in [0.3, 0.4) is 0 Å². The van der Waals surface area contributed by atoms with Crippen LogP contribution in [0.5, 0.6) is 11.5 Å². The second kappa shape index (κ2) is 7.96. The van der Waals surface area contributed by atoms with Crippen molar-refractivity contribution in [3.8, 4) is 11.5 Å². The minimum absolute atomic E-state index is 0.0773. The molecule has 1 atom stereocenters. The topological polar surface area (TPSA) is 86.6 Å². The molecule has 0 saturated carbocycles. The van der Waals surface area contributed by atoms with Gasteiger partial charge < -0.3 is 9.47 Å². The minimum atomic E-state index is -3.83. The standard InChI is InChI=1S/C22H26N2O5S2/c1-5-10-24-18-8-7-15(12-20(18)30-21(24)25)31(26,27)23-17-13-22(2,3)29-19-9-6-14(28-4)11-16(17)19/h6-9,11-12,17,23H,5,10,13H2,1-4H3/t17-/m1/s1. The third-order valence-corrected chi connectivity index (χ3v) is 7.78. The lowest BCUT2D eigenvalue weighted by molar-refractivity contribution is 0.0700. The highest BCUT2D eigenvalue weighted by Crippen LogP contribution is 2.41. The number of nitrogens with zero attached hydrogens (tertiary/aromatic N) is 1. The summed E-state index contributed by atoms with van der Waals surface area (Å²) in [6.07, 6.45) is 1.30. The first-order chi connectivity index (χ1) is 14.6. The van der Waals surface area contributed by atoms with Crippen LogP contribution in [0.4, 0.5) is 0 Å². The Kier molecular flexibility index (Phi) is 5.61. The van der Waals surface area contributed by atoms with Gasteiger partial charge in [0.2, 0.25) is 10.0 Å². The van der Waals surface area contributed by atoms with Gasteiger partial charge in [0.15, 0.2) is 0 Å². The van der Waals surface area contributed by atoms with Gasteiger partial charge in [-0.15, -0.1) is 0 Å². The number of hydrogen-bond acceptors (Lipinski definition) is 6. The molecule has 2 aromatic carbocycles. The van der Waals surface area contributed by atoms with E-state index in [0.717, 1.165) is 28.8 Å². The molecule has 0 unspecified atom stereocenters. The van der Waals surface area contributed by atoms with Gasteiger partial charge in [0.05, 0.1) is 28.3 Å². The highest BCUT2D eigenvalue weighted by molar-refractivity contribution is 7.89. The molecular formula is C22H26N2O5S2. The number of aromatic nitrogens is 1. The largest absolute Gasteiger partial charge is 0.497 e. The smallest absolute Gasteiger partial charge is 0.308 e. The van der Waals surface area contributed by atoms with Gasteiger partial charge in [0, 0.05) is 18.5 Å². The molecule has 0 radical (unpaired) electrons. The molecule has 31 heavy (non-hydrogen) atoms. The van der Waals surface area contributed by atoms with E-state index < -0.39 is 21.7 Å². The Bertz CT molecular complexity index is 1290. The van der Waals surface area contributed by atoms with Gasteiger partial charge in [0.1, 0.15) is 17.1 Å². The molecule has 1 aliphatic rings. The van der Waals surface area contributed by atoms with Gasteiger partial charge in [-0.1, -0.05) is 18.3 Å². The summed E-state index contributed by atoms with van der Waals surface area (Å²) in [5.74, 6) is 1.27. The van der Waals surface area contributed by atoms with Gasteiger partial charge >= 0.3 is 4.87 Å². The average molecular weight is 463 g/mol. The lowest BCUT2D eigenvalue weighted by Gasteiger charge is -2.37. The molecule has 2 heterocycles. The number of rotatable bonds is 6. The minimum Gasteiger partial charge on any atom is -0.497 e. The maximum atomic E-state index is 13.3. The Morgan fingerprint density at radius 2 is 2.03 bits per heavy atom. The molecule has 1 aromatic heterocycles. The summed E-state index contributed by atoms with van der Waals surface area (Å²) < 4.78 is 43.1. The maximum Gasteiger partial charge on any atom is 0.308 e. The van der Waals surface area contributed by atoms with Gasteiger partial charge in [-0.05, 0) is 56.7 Å². The Morgan fingerprint density at radius 3 is 2.74 bits per heavy atom. The first-order valence-electron chi connectivity index (χ1n) is 10.2. The van der Waals surface area contributed by atoms with Crippen LogP contribution in [0.25, 0.3) is 10.2 Å². The van der Waals surface area contributed by atoms with Crippen molar-refractivity contribution in [3.63, 3.8) is 0 Å². The van der Waals surface area contributed by atoms with Gasteiger partial charge in [-0.3, -0.25) is 9.36 Å². The number of ether oxygens (including phenoxy) is 2. The second-order valence-electron chi connectivity index (χ2n) is 8.29. The van der Waals surface area contributed by atoms with Crippen molar-refractivity contribution in [1.29, 1.82) is 0 Å². The highest BCUT2D eigenvalue weighted by Gasteiger charge is 2.36. The summed E-state index contributed by atoms with van der Waals surface area (Å²) in [7, 11) is -2.26. The zero-order chi connectivity index (χ0) is 22.4. The first-order valence-corrected chi connectivity index (χ1v) is 12.5. The van der Waals surface area contributed by atoms with Crippen molar-refractivity contribution in [2.75, 3.05) is 7.11 Å². The average Bonchev–Trinajstić information content (AvgIpc) is 3.01. The Morgan fingerprint density at radius 1 is 1.26 bits per heavy atom. The number of sulfonamides is 1. The van der Waals surface area contributed by atoms with Gasteiger partial charge in [-0.2, -0.15) is 0 Å². The lowest BCUT2D eigenvalue weighted by atomic mass is 9.90. The lowest BCUT2D eigenvalue weighted by Crippen LogP contribution is -2.41. The number of benzene rings is 2. The van der Waals surface area contributed by atoms with Crippen molar-refractivity contribution in [2.45, 2.75) is 56.7 Å². The predicted molar refractivity (Wildman–Crippen MR) is 122 cm³/mol. The Hall–Kier alpha value is -2.36. The van der Waals surface area contributed by atoms with E-state index in [1.807, 2.05) is 20.8 Å². The monoisotopic (exact) mass is 462 g/mol. The van der Waals surface area contributed by atoms with E-state index in [4.69, 9.17) is 9.47 Å². The molecule has 0 saturated heterocycles. The van der Waals surface area contributed by atoms with Crippen molar-refractivity contribution in [1.82, 2.24) is 9.29 Å². The zero-order valence-corrected chi connectivity index (χ0v) is 19.6. The van der Waals surface area contributed by atoms with E-state index in [1.165, 1.54) is 0 Å². The van der Waals surface area contributed by atoms with E-state index in [9.17, 15) is 13.2 Å². The van der Waals surface area contributed by atoms with Crippen molar-refractivity contribution >= 4 is 31.6 Å². The number of hydrogen-bond donors (Lipinski definition) is 1. The SMILES string of the molecule is CCCn1c(=O)sc2cc(S(=O)(=O)N[C@@H]3CC(C)(C)Oc4ccc(OC)cc43)ccc21. The fraction of sp³-hybridized carbons (Fsp3) is 0.409. The molecule has 0 fully saturated rings. The molecule has 166 valence electrons. The third kappa shape index (κ3) is 4.22. The summed E-state index contributed by atoms with van der Waals surface area (Å²) in [6.45, 7) is 6.47. The number of fused-ring (bicyclic) bond motifs is 2. The van der Waals surface area contributed by atoms with Crippen molar-refractivity contribution in [3.05, 3.63) is 51.6 Å². The van der Waals surface area contributed by atoms with Gasteiger partial charge in [0.25, 0.3) is 0 Å². The highest BCUT2D eigenvalue weighted by atomic mass is 32.2. The first kappa shape index (κ1) is 21.9. The number of nitrogens with one attached hydrogen (secondary N) is 1. The van der Waals surface area contributed by atoms with E-state index >= 15 is 0 Å². The molecular weight excluding hydrogens is 436 g/mol. The Labute approximate surface area is 185 Å². The van der Waals surface area contributed by atoms with E-state index in [-0.39, 0.29) is 9.77 Å². The molecule has 0 amide bonds. The normalized spacial score (nSPS) is 17.9. The summed E-state index contributed by atoms with van der Waals surface area (Å²) in [5.41, 5.74) is 0.968. The van der Waals surface area contributed by atoms with Crippen LogP contribution >= 0.6 is 11.3 Å². The second-order valence-corrected chi connectivity index (χ2v) is 11.0.